The van der Waals surface area contributed by atoms with E-state index < -0.39 is 0 Å². The summed E-state index contributed by atoms with van der Waals surface area (Å²) in [5, 5.41) is 0. The van der Waals surface area contributed by atoms with Crippen molar-refractivity contribution in [2.45, 2.75) is 16.2 Å². The summed E-state index contributed by atoms with van der Waals surface area (Å²) in [6, 6.07) is 24.4. The lowest BCUT2D eigenvalue weighted by Crippen LogP contribution is -2.14. The highest BCUT2D eigenvalue weighted by Gasteiger charge is 2.22. The minimum Gasteiger partial charge on any atom is -0.289 e. The molecule has 22 heavy (non-hydrogen) atoms. The predicted molar refractivity (Wildman–Crippen MR) is 89.7 cm³/mol. The fraction of sp³-hybridized carbons (Fsp3) is 0.0500. The molecule has 0 aliphatic heterocycles. The van der Waals surface area contributed by atoms with Crippen molar-refractivity contribution in [3.05, 3.63) is 95.1 Å². The van der Waals surface area contributed by atoms with Crippen LogP contribution in [0.15, 0.2) is 82.6 Å². The second kappa shape index (κ2) is 5.47. The molecule has 0 aromatic heterocycles. The van der Waals surface area contributed by atoms with Crippen molar-refractivity contribution in [1.82, 2.24) is 0 Å². The van der Waals surface area contributed by atoms with E-state index in [0.717, 1.165) is 28.7 Å². The molecule has 1 aliphatic rings. The summed E-state index contributed by atoms with van der Waals surface area (Å²) in [5.41, 5.74) is 3.95. The average Bonchev–Trinajstić information content (AvgIpc) is 2.56. The van der Waals surface area contributed by atoms with Gasteiger partial charge in [-0.3, -0.25) is 4.79 Å². The molecule has 1 nitrogen and oxygen atoms in total. The number of ketones is 1. The topological polar surface area (TPSA) is 17.1 Å². The number of rotatable bonds is 2. The van der Waals surface area contributed by atoms with Crippen LogP contribution in [-0.4, -0.2) is 5.78 Å². The van der Waals surface area contributed by atoms with Gasteiger partial charge in [0.15, 0.2) is 5.78 Å². The van der Waals surface area contributed by atoms with Crippen LogP contribution in [0.3, 0.4) is 0 Å². The highest BCUT2D eigenvalue weighted by molar-refractivity contribution is 7.99. The van der Waals surface area contributed by atoms with Gasteiger partial charge in [-0.25, -0.2) is 0 Å². The van der Waals surface area contributed by atoms with Crippen LogP contribution < -0.4 is 0 Å². The Kier molecular flexibility index (Phi) is 3.32. The first-order chi connectivity index (χ1) is 10.8. The van der Waals surface area contributed by atoms with E-state index in [-0.39, 0.29) is 5.78 Å². The Morgan fingerprint density at radius 3 is 2.27 bits per heavy atom. The highest BCUT2D eigenvalue weighted by atomic mass is 32.2. The number of carbonyl (C=O) groups excluding carboxylic acids is 1. The van der Waals surface area contributed by atoms with Crippen LogP contribution in [0.2, 0.25) is 0 Å². The monoisotopic (exact) mass is 302 g/mol. The van der Waals surface area contributed by atoms with Gasteiger partial charge in [0.05, 0.1) is 0 Å². The molecule has 3 aromatic rings. The van der Waals surface area contributed by atoms with Crippen LogP contribution in [0.25, 0.3) is 0 Å². The lowest BCUT2D eigenvalue weighted by molar-refractivity contribution is 0.103. The van der Waals surface area contributed by atoms with Gasteiger partial charge in [0.25, 0.3) is 0 Å². The van der Waals surface area contributed by atoms with Crippen molar-refractivity contribution in [1.29, 1.82) is 0 Å². The van der Waals surface area contributed by atoms with Gasteiger partial charge in [0, 0.05) is 20.9 Å². The van der Waals surface area contributed by atoms with Crippen molar-refractivity contribution < 1.29 is 4.79 Å². The fourth-order valence-corrected chi connectivity index (χ4v) is 3.77. The lowest BCUT2D eigenvalue weighted by Gasteiger charge is -2.19. The van der Waals surface area contributed by atoms with E-state index in [1.165, 1.54) is 9.79 Å². The number of hydrogen-bond donors (Lipinski definition) is 0. The summed E-state index contributed by atoms with van der Waals surface area (Å²) >= 11 is 1.73. The Balaban J connectivity index is 1.70. The van der Waals surface area contributed by atoms with Gasteiger partial charge in [-0.1, -0.05) is 54.2 Å². The standard InChI is InChI=1S/C20H14OS/c21-20-18-9-5-4-6-14(18)12-15-13-17(10-11-19(15)20)22-16-7-2-1-3-8-16/h1-11,13H,12H2. The third kappa shape index (κ3) is 2.36. The Hall–Kier alpha value is -2.32. The van der Waals surface area contributed by atoms with Crippen LogP contribution in [0, 0.1) is 0 Å². The molecule has 1 aliphatic carbocycles. The Morgan fingerprint density at radius 2 is 1.41 bits per heavy atom. The Bertz CT molecular complexity index is 853. The molecule has 106 valence electrons. The van der Waals surface area contributed by atoms with Gasteiger partial charge in [-0.15, -0.1) is 0 Å². The second-order valence-electron chi connectivity index (χ2n) is 5.40. The zero-order valence-corrected chi connectivity index (χ0v) is 12.8. The third-order valence-corrected chi connectivity index (χ3v) is 4.94. The second-order valence-corrected chi connectivity index (χ2v) is 6.54. The maximum Gasteiger partial charge on any atom is 0.193 e. The molecule has 0 radical (unpaired) electrons. The molecule has 2 heteroatoms. The van der Waals surface area contributed by atoms with E-state index in [0.29, 0.717) is 0 Å². The van der Waals surface area contributed by atoms with Gasteiger partial charge in [-0.05, 0) is 47.9 Å². The third-order valence-electron chi connectivity index (χ3n) is 3.94. The smallest absolute Gasteiger partial charge is 0.193 e. The number of fused-ring (bicyclic) bond motifs is 2. The quantitative estimate of drug-likeness (QED) is 0.520. The molecule has 0 bridgehead atoms. The average molecular weight is 302 g/mol. The molecule has 3 aromatic carbocycles. The van der Waals surface area contributed by atoms with Gasteiger partial charge in [-0.2, -0.15) is 0 Å². The van der Waals surface area contributed by atoms with Crippen molar-refractivity contribution in [3.63, 3.8) is 0 Å². The molecule has 0 saturated heterocycles. The van der Waals surface area contributed by atoms with Crippen LogP contribution >= 0.6 is 11.8 Å². The van der Waals surface area contributed by atoms with Crippen molar-refractivity contribution in [2.24, 2.45) is 0 Å². The molecule has 4 rings (SSSR count). The summed E-state index contributed by atoms with van der Waals surface area (Å²) in [6.07, 6.45) is 0.834. The molecule has 0 amide bonds. The van der Waals surface area contributed by atoms with E-state index >= 15 is 0 Å². The van der Waals surface area contributed by atoms with Crippen LogP contribution in [0.1, 0.15) is 27.0 Å². The van der Waals surface area contributed by atoms with E-state index in [1.807, 2.05) is 54.6 Å². The maximum atomic E-state index is 12.6. The lowest BCUT2D eigenvalue weighted by atomic mass is 9.85. The number of hydrogen-bond acceptors (Lipinski definition) is 2. The normalized spacial score (nSPS) is 12.6. The summed E-state index contributed by atoms with van der Waals surface area (Å²) in [6.45, 7) is 0. The first-order valence-electron chi connectivity index (χ1n) is 7.30. The molecular formula is C20H14OS. The summed E-state index contributed by atoms with van der Waals surface area (Å²) in [4.78, 5) is 15.0. The number of benzene rings is 3. The minimum atomic E-state index is 0.146. The number of carbonyl (C=O) groups is 1. The molecule has 0 unspecified atom stereocenters. The Labute approximate surface area is 134 Å². The van der Waals surface area contributed by atoms with Crippen molar-refractivity contribution in [2.75, 3.05) is 0 Å². The van der Waals surface area contributed by atoms with E-state index in [2.05, 4.69) is 18.2 Å². The zero-order valence-electron chi connectivity index (χ0n) is 12.0. The van der Waals surface area contributed by atoms with Gasteiger partial charge < -0.3 is 0 Å². The van der Waals surface area contributed by atoms with Crippen LogP contribution in [-0.2, 0) is 6.42 Å². The largest absolute Gasteiger partial charge is 0.289 e. The van der Waals surface area contributed by atoms with Crippen molar-refractivity contribution in [3.8, 4) is 0 Å². The first kappa shape index (κ1) is 13.4. The Morgan fingerprint density at radius 1 is 0.682 bits per heavy atom. The SMILES string of the molecule is O=C1c2ccccc2Cc2cc(Sc3ccccc3)ccc21. The fourth-order valence-electron chi connectivity index (χ4n) is 2.87. The summed E-state index contributed by atoms with van der Waals surface area (Å²) in [7, 11) is 0. The van der Waals surface area contributed by atoms with E-state index in [1.54, 1.807) is 11.8 Å². The molecule has 0 saturated carbocycles. The van der Waals surface area contributed by atoms with Crippen molar-refractivity contribution >= 4 is 17.5 Å². The summed E-state index contributed by atoms with van der Waals surface area (Å²) in [5.74, 6) is 0.146. The minimum absolute atomic E-state index is 0.146. The van der Waals surface area contributed by atoms with Crippen LogP contribution in [0.4, 0.5) is 0 Å². The van der Waals surface area contributed by atoms with Gasteiger partial charge in [0.1, 0.15) is 0 Å². The molecule has 0 spiro atoms. The molecule has 0 fully saturated rings. The highest BCUT2D eigenvalue weighted by Crippen LogP contribution is 2.33. The predicted octanol–water partition coefficient (Wildman–Crippen LogP) is 4.97. The van der Waals surface area contributed by atoms with E-state index in [4.69, 9.17) is 0 Å². The maximum absolute atomic E-state index is 12.6. The van der Waals surface area contributed by atoms with E-state index in [9.17, 15) is 4.79 Å². The van der Waals surface area contributed by atoms with Gasteiger partial charge in [0.2, 0.25) is 0 Å². The first-order valence-corrected chi connectivity index (χ1v) is 8.11. The molecule has 0 heterocycles. The van der Waals surface area contributed by atoms with Gasteiger partial charge >= 0.3 is 0 Å². The molecule has 0 N–H and O–H groups in total. The zero-order chi connectivity index (χ0) is 14.9. The molecular weight excluding hydrogens is 288 g/mol. The summed E-state index contributed by atoms with van der Waals surface area (Å²) < 4.78 is 0. The van der Waals surface area contributed by atoms with Crippen LogP contribution in [0.5, 0.6) is 0 Å². The molecule has 0 atom stereocenters.